The number of benzene rings is 1. The van der Waals surface area contributed by atoms with Crippen LogP contribution in [0.25, 0.3) is 0 Å². The second-order valence-corrected chi connectivity index (χ2v) is 7.03. The molecule has 4 rings (SSSR count). The van der Waals surface area contributed by atoms with Crippen molar-refractivity contribution in [1.82, 2.24) is 19.6 Å². The monoisotopic (exact) mass is 324 g/mol. The third-order valence-corrected chi connectivity index (χ3v) is 5.51. The van der Waals surface area contributed by atoms with Gasteiger partial charge < -0.3 is 4.90 Å². The van der Waals surface area contributed by atoms with E-state index in [1.165, 1.54) is 11.1 Å². The van der Waals surface area contributed by atoms with E-state index in [1.807, 2.05) is 35.1 Å². The SMILES string of the molecule is CN1C(=O)C[C@@H]2CN(Cc3ccccc3Cn3cccn3)CC[C@@H]21. The molecule has 24 heavy (non-hydrogen) atoms. The van der Waals surface area contributed by atoms with Gasteiger partial charge in [0.2, 0.25) is 5.91 Å². The number of hydrogen-bond donors (Lipinski definition) is 0. The minimum absolute atomic E-state index is 0.311. The predicted molar refractivity (Wildman–Crippen MR) is 92.3 cm³/mol. The van der Waals surface area contributed by atoms with Crippen molar-refractivity contribution < 1.29 is 4.79 Å². The summed E-state index contributed by atoms with van der Waals surface area (Å²) in [6.07, 6.45) is 5.63. The van der Waals surface area contributed by atoms with Gasteiger partial charge in [-0.25, -0.2) is 0 Å². The molecule has 0 unspecified atom stereocenters. The fourth-order valence-corrected chi connectivity index (χ4v) is 4.18. The van der Waals surface area contributed by atoms with Crippen molar-refractivity contribution in [2.24, 2.45) is 5.92 Å². The molecule has 0 bridgehead atoms. The van der Waals surface area contributed by atoms with Crippen molar-refractivity contribution in [2.75, 3.05) is 20.1 Å². The van der Waals surface area contributed by atoms with Crippen molar-refractivity contribution in [3.8, 4) is 0 Å². The molecule has 0 saturated carbocycles. The van der Waals surface area contributed by atoms with E-state index in [-0.39, 0.29) is 0 Å². The number of hydrogen-bond acceptors (Lipinski definition) is 3. The molecular weight excluding hydrogens is 300 g/mol. The predicted octanol–water partition coefficient (Wildman–Crippen LogP) is 1.98. The quantitative estimate of drug-likeness (QED) is 0.864. The number of carbonyl (C=O) groups excluding carboxylic acids is 1. The van der Waals surface area contributed by atoms with Crippen LogP contribution in [0.2, 0.25) is 0 Å². The first-order valence-corrected chi connectivity index (χ1v) is 8.73. The van der Waals surface area contributed by atoms with Crippen LogP contribution in [0.1, 0.15) is 24.0 Å². The van der Waals surface area contributed by atoms with E-state index >= 15 is 0 Å². The molecule has 2 aliphatic heterocycles. The van der Waals surface area contributed by atoms with Gasteiger partial charge in [0.15, 0.2) is 0 Å². The first kappa shape index (κ1) is 15.4. The number of nitrogens with zero attached hydrogens (tertiary/aromatic N) is 4. The summed E-state index contributed by atoms with van der Waals surface area (Å²) >= 11 is 0. The van der Waals surface area contributed by atoms with Crippen molar-refractivity contribution in [3.05, 3.63) is 53.9 Å². The number of aromatic nitrogens is 2. The molecule has 2 aromatic rings. The zero-order valence-electron chi connectivity index (χ0n) is 14.1. The van der Waals surface area contributed by atoms with Crippen LogP contribution in [-0.2, 0) is 17.9 Å². The number of amides is 1. The molecule has 0 radical (unpaired) electrons. The number of piperidine rings is 1. The van der Waals surface area contributed by atoms with Gasteiger partial charge in [-0.1, -0.05) is 24.3 Å². The average Bonchev–Trinajstić information content (AvgIpc) is 3.18. The smallest absolute Gasteiger partial charge is 0.222 e. The minimum atomic E-state index is 0.311. The van der Waals surface area contributed by atoms with Crippen molar-refractivity contribution in [2.45, 2.75) is 32.0 Å². The highest BCUT2D eigenvalue weighted by Crippen LogP contribution is 2.31. The molecule has 0 aliphatic carbocycles. The Balaban J connectivity index is 1.45. The van der Waals surface area contributed by atoms with Gasteiger partial charge in [0.25, 0.3) is 0 Å². The summed E-state index contributed by atoms with van der Waals surface area (Å²) in [5.74, 6) is 0.806. The maximum atomic E-state index is 11.9. The van der Waals surface area contributed by atoms with Crippen LogP contribution in [0.15, 0.2) is 42.7 Å². The summed E-state index contributed by atoms with van der Waals surface area (Å²) in [4.78, 5) is 16.4. The lowest BCUT2D eigenvalue weighted by atomic mass is 9.92. The van der Waals surface area contributed by atoms with E-state index in [4.69, 9.17) is 0 Å². The molecule has 5 nitrogen and oxygen atoms in total. The van der Waals surface area contributed by atoms with Crippen molar-refractivity contribution in [1.29, 1.82) is 0 Å². The summed E-state index contributed by atoms with van der Waals surface area (Å²) in [6.45, 7) is 3.86. The molecule has 2 saturated heterocycles. The number of rotatable bonds is 4. The first-order valence-electron chi connectivity index (χ1n) is 8.73. The van der Waals surface area contributed by atoms with Crippen molar-refractivity contribution in [3.63, 3.8) is 0 Å². The highest BCUT2D eigenvalue weighted by Gasteiger charge is 2.40. The molecule has 1 aromatic heterocycles. The maximum absolute atomic E-state index is 11.9. The fourth-order valence-electron chi connectivity index (χ4n) is 4.18. The summed E-state index contributed by atoms with van der Waals surface area (Å²) in [7, 11) is 1.96. The maximum Gasteiger partial charge on any atom is 0.222 e. The Hall–Kier alpha value is -2.14. The van der Waals surface area contributed by atoms with Gasteiger partial charge in [-0.3, -0.25) is 14.4 Å². The molecule has 1 aromatic carbocycles. The molecule has 126 valence electrons. The molecule has 5 heteroatoms. The zero-order chi connectivity index (χ0) is 16.5. The second-order valence-electron chi connectivity index (χ2n) is 7.03. The first-order chi connectivity index (χ1) is 11.7. The van der Waals surface area contributed by atoms with Crippen LogP contribution in [0, 0.1) is 5.92 Å². The topological polar surface area (TPSA) is 41.4 Å². The lowest BCUT2D eigenvalue weighted by molar-refractivity contribution is -0.127. The Bertz CT molecular complexity index is 712. The van der Waals surface area contributed by atoms with E-state index in [0.29, 0.717) is 24.3 Å². The Morgan fingerprint density at radius 1 is 1.17 bits per heavy atom. The van der Waals surface area contributed by atoms with Crippen LogP contribution < -0.4 is 0 Å². The average molecular weight is 324 g/mol. The summed E-state index contributed by atoms with van der Waals surface area (Å²) in [5.41, 5.74) is 2.69. The Morgan fingerprint density at radius 2 is 1.96 bits per heavy atom. The largest absolute Gasteiger partial charge is 0.342 e. The third-order valence-electron chi connectivity index (χ3n) is 5.51. The van der Waals surface area contributed by atoms with E-state index in [9.17, 15) is 4.79 Å². The molecular formula is C19H24N4O. The lowest BCUT2D eigenvalue weighted by Crippen LogP contribution is -2.44. The van der Waals surface area contributed by atoms with E-state index in [1.54, 1.807) is 0 Å². The summed E-state index contributed by atoms with van der Waals surface area (Å²) in [6, 6.07) is 11.0. The van der Waals surface area contributed by atoms with Gasteiger partial charge in [0, 0.05) is 57.5 Å². The highest BCUT2D eigenvalue weighted by molar-refractivity contribution is 5.79. The molecule has 2 aliphatic rings. The van der Waals surface area contributed by atoms with Gasteiger partial charge in [0.05, 0.1) is 6.54 Å². The van der Waals surface area contributed by atoms with E-state index < -0.39 is 0 Å². The lowest BCUT2D eigenvalue weighted by Gasteiger charge is -2.37. The molecule has 3 heterocycles. The number of carbonyl (C=O) groups is 1. The number of fused-ring (bicyclic) bond motifs is 1. The minimum Gasteiger partial charge on any atom is -0.342 e. The molecule has 0 spiro atoms. The zero-order valence-corrected chi connectivity index (χ0v) is 14.1. The molecule has 0 N–H and O–H groups in total. The van der Waals surface area contributed by atoms with Gasteiger partial charge in [-0.2, -0.15) is 5.10 Å². The van der Waals surface area contributed by atoms with E-state index in [2.05, 4.69) is 34.3 Å². The highest BCUT2D eigenvalue weighted by atomic mass is 16.2. The van der Waals surface area contributed by atoms with Crippen LogP contribution in [-0.4, -0.2) is 51.7 Å². The molecule has 1 amide bonds. The van der Waals surface area contributed by atoms with E-state index in [0.717, 1.165) is 32.6 Å². The fraction of sp³-hybridized carbons (Fsp3) is 0.474. The standard InChI is InChI=1S/C19H24N4O/c1-21-18-7-10-22(13-17(18)11-19(21)24)12-15-5-2-3-6-16(15)14-23-9-4-8-20-23/h2-6,8-9,17-18H,7,10-14H2,1H3/t17-,18+/m1/s1. The normalized spacial score (nSPS) is 24.4. The van der Waals surface area contributed by atoms with Crippen LogP contribution in [0.5, 0.6) is 0 Å². The van der Waals surface area contributed by atoms with Crippen LogP contribution in [0.3, 0.4) is 0 Å². The third kappa shape index (κ3) is 2.96. The van der Waals surface area contributed by atoms with Crippen LogP contribution >= 0.6 is 0 Å². The van der Waals surface area contributed by atoms with Gasteiger partial charge in [-0.15, -0.1) is 0 Å². The Labute approximate surface area is 142 Å². The molecule has 2 fully saturated rings. The van der Waals surface area contributed by atoms with Gasteiger partial charge in [-0.05, 0) is 23.6 Å². The Kier molecular flexibility index (Phi) is 4.10. The summed E-state index contributed by atoms with van der Waals surface area (Å²) in [5, 5.41) is 4.32. The van der Waals surface area contributed by atoms with Gasteiger partial charge in [0.1, 0.15) is 0 Å². The van der Waals surface area contributed by atoms with Crippen LogP contribution in [0.4, 0.5) is 0 Å². The van der Waals surface area contributed by atoms with Gasteiger partial charge >= 0.3 is 0 Å². The van der Waals surface area contributed by atoms with Crippen molar-refractivity contribution >= 4 is 5.91 Å². The molecule has 2 atom stereocenters. The second kappa shape index (κ2) is 6.40. The Morgan fingerprint density at radius 3 is 2.71 bits per heavy atom. The number of likely N-dealkylation sites (tertiary alicyclic amines) is 2. The summed E-state index contributed by atoms with van der Waals surface area (Å²) < 4.78 is 1.97.